The number of epoxide rings is 1. The molecule has 0 bridgehead atoms. The molecule has 1 aliphatic heterocycles. The normalized spacial score (nSPS) is 29.2. The molecule has 0 saturated carbocycles. The third-order valence-corrected chi connectivity index (χ3v) is 3.44. The van der Waals surface area contributed by atoms with Crippen LogP contribution in [-0.2, 0) is 9.53 Å². The molecule has 1 fully saturated rings. The van der Waals surface area contributed by atoms with Crippen molar-refractivity contribution in [2.75, 3.05) is 0 Å². The summed E-state index contributed by atoms with van der Waals surface area (Å²) < 4.78 is 5.01. The summed E-state index contributed by atoms with van der Waals surface area (Å²) in [5.41, 5.74) is -2.81. The number of allylic oxidation sites excluding steroid dienone is 1. The van der Waals surface area contributed by atoms with Crippen LogP contribution in [0.5, 0.6) is 0 Å². The van der Waals surface area contributed by atoms with E-state index in [9.17, 15) is 25.2 Å². The standard InChI is InChI=1S/C12H20O7/c1-5(2)6(13)7(14)8(15)9(16)12(10(17)18)11(3,4)19-12/h7-9,13-16H,1-4H3,(H,17,18)/t7-,8+,9-,12-/m1/s1. The first-order chi connectivity index (χ1) is 8.49. The Bertz CT molecular complexity index is 410. The smallest absolute Gasteiger partial charge is 0.341 e. The molecule has 7 nitrogen and oxygen atoms in total. The highest BCUT2D eigenvalue weighted by Crippen LogP contribution is 2.51. The summed E-state index contributed by atoms with van der Waals surface area (Å²) >= 11 is 0. The van der Waals surface area contributed by atoms with Crippen molar-refractivity contribution < 1.29 is 35.1 Å². The van der Waals surface area contributed by atoms with Gasteiger partial charge in [-0.25, -0.2) is 4.79 Å². The molecule has 0 aliphatic carbocycles. The second kappa shape index (κ2) is 4.75. The van der Waals surface area contributed by atoms with Crippen LogP contribution in [0.25, 0.3) is 0 Å². The molecule has 0 aromatic rings. The van der Waals surface area contributed by atoms with E-state index in [1.54, 1.807) is 0 Å². The molecule has 0 amide bonds. The number of aliphatic carboxylic acids is 1. The van der Waals surface area contributed by atoms with Crippen LogP contribution in [0.2, 0.25) is 0 Å². The van der Waals surface area contributed by atoms with Gasteiger partial charge >= 0.3 is 5.97 Å². The van der Waals surface area contributed by atoms with E-state index >= 15 is 0 Å². The first-order valence-electron chi connectivity index (χ1n) is 5.83. The van der Waals surface area contributed by atoms with Crippen molar-refractivity contribution in [2.45, 2.75) is 57.2 Å². The van der Waals surface area contributed by atoms with E-state index in [1.807, 2.05) is 0 Å². The van der Waals surface area contributed by atoms with Gasteiger partial charge in [0, 0.05) is 0 Å². The van der Waals surface area contributed by atoms with Gasteiger partial charge in [0.25, 0.3) is 0 Å². The fourth-order valence-corrected chi connectivity index (χ4v) is 2.09. The van der Waals surface area contributed by atoms with Gasteiger partial charge in [-0.2, -0.15) is 0 Å². The van der Waals surface area contributed by atoms with Gasteiger partial charge in [-0.15, -0.1) is 0 Å². The lowest BCUT2D eigenvalue weighted by Crippen LogP contribution is -2.53. The molecule has 0 unspecified atom stereocenters. The van der Waals surface area contributed by atoms with Gasteiger partial charge in [0.2, 0.25) is 5.60 Å². The lowest BCUT2D eigenvalue weighted by molar-refractivity contribution is -0.155. The first-order valence-corrected chi connectivity index (χ1v) is 5.83. The zero-order valence-corrected chi connectivity index (χ0v) is 11.3. The molecule has 5 N–H and O–H groups in total. The molecule has 7 heteroatoms. The quantitative estimate of drug-likeness (QED) is 0.339. The van der Waals surface area contributed by atoms with Gasteiger partial charge in [-0.05, 0) is 33.3 Å². The minimum Gasteiger partial charge on any atom is -0.510 e. The third kappa shape index (κ3) is 2.34. The molecule has 19 heavy (non-hydrogen) atoms. The van der Waals surface area contributed by atoms with Crippen LogP contribution >= 0.6 is 0 Å². The summed E-state index contributed by atoms with van der Waals surface area (Å²) in [6.07, 6.45) is -5.54. The van der Waals surface area contributed by atoms with E-state index in [1.165, 1.54) is 27.7 Å². The number of aliphatic hydroxyl groups is 4. The molecule has 110 valence electrons. The molecule has 1 heterocycles. The van der Waals surface area contributed by atoms with E-state index in [0.717, 1.165) is 0 Å². The third-order valence-electron chi connectivity index (χ3n) is 3.44. The van der Waals surface area contributed by atoms with E-state index in [2.05, 4.69) is 0 Å². The van der Waals surface area contributed by atoms with Crippen molar-refractivity contribution >= 4 is 5.97 Å². The molecule has 0 spiro atoms. The van der Waals surface area contributed by atoms with Crippen LogP contribution in [0.15, 0.2) is 11.3 Å². The first kappa shape index (κ1) is 15.9. The highest BCUT2D eigenvalue weighted by molar-refractivity contribution is 5.84. The summed E-state index contributed by atoms with van der Waals surface area (Å²) in [7, 11) is 0. The number of carboxylic acids is 1. The van der Waals surface area contributed by atoms with Crippen LogP contribution in [0.3, 0.4) is 0 Å². The number of hydrogen-bond acceptors (Lipinski definition) is 6. The second-order valence-electron chi connectivity index (χ2n) is 5.42. The Morgan fingerprint density at radius 3 is 1.79 bits per heavy atom. The predicted octanol–water partition coefficient (Wildman–Crippen LogP) is -0.447. The van der Waals surface area contributed by atoms with E-state index in [-0.39, 0.29) is 0 Å². The van der Waals surface area contributed by atoms with Crippen LogP contribution in [0, 0.1) is 0 Å². The molecule has 0 radical (unpaired) electrons. The number of carboxylic acid groups (broad SMARTS) is 1. The fourth-order valence-electron chi connectivity index (χ4n) is 2.09. The number of aliphatic hydroxyl groups excluding tert-OH is 4. The van der Waals surface area contributed by atoms with Crippen molar-refractivity contribution in [3.63, 3.8) is 0 Å². The average Bonchev–Trinajstić information content (AvgIpc) is 2.89. The molecular formula is C12H20O7. The number of hydrogen-bond donors (Lipinski definition) is 5. The number of rotatable bonds is 5. The molecule has 0 aromatic heterocycles. The Morgan fingerprint density at radius 1 is 1.11 bits per heavy atom. The van der Waals surface area contributed by atoms with E-state index < -0.39 is 41.2 Å². The highest BCUT2D eigenvalue weighted by atomic mass is 16.7. The van der Waals surface area contributed by atoms with E-state index in [4.69, 9.17) is 9.84 Å². The van der Waals surface area contributed by atoms with Gasteiger partial charge in [0.15, 0.2) is 0 Å². The lowest BCUT2D eigenvalue weighted by atomic mass is 9.85. The molecule has 1 rings (SSSR count). The van der Waals surface area contributed by atoms with Crippen LogP contribution in [-0.4, -0.2) is 61.0 Å². The van der Waals surface area contributed by atoms with Crippen molar-refractivity contribution in [1.82, 2.24) is 0 Å². The summed E-state index contributed by atoms with van der Waals surface area (Å²) in [6.45, 7) is 5.90. The Kier molecular flexibility index (Phi) is 3.98. The van der Waals surface area contributed by atoms with Crippen LogP contribution in [0.4, 0.5) is 0 Å². The van der Waals surface area contributed by atoms with Crippen molar-refractivity contribution in [3.05, 3.63) is 11.3 Å². The van der Waals surface area contributed by atoms with Gasteiger partial charge in [0.1, 0.15) is 29.7 Å². The molecule has 0 aromatic carbocycles. The molecule has 1 saturated heterocycles. The van der Waals surface area contributed by atoms with Crippen molar-refractivity contribution in [3.8, 4) is 0 Å². The van der Waals surface area contributed by atoms with Gasteiger partial charge < -0.3 is 30.3 Å². The molecule has 4 atom stereocenters. The van der Waals surface area contributed by atoms with Crippen molar-refractivity contribution in [1.29, 1.82) is 0 Å². The maximum absolute atomic E-state index is 11.2. The number of carbonyl (C=O) groups is 1. The Morgan fingerprint density at radius 2 is 1.53 bits per heavy atom. The predicted molar refractivity (Wildman–Crippen MR) is 64.6 cm³/mol. The maximum atomic E-state index is 11.2. The average molecular weight is 276 g/mol. The summed E-state index contributed by atoms with van der Waals surface area (Å²) in [4.78, 5) is 11.2. The zero-order valence-electron chi connectivity index (χ0n) is 11.3. The largest absolute Gasteiger partial charge is 0.510 e. The summed E-state index contributed by atoms with van der Waals surface area (Å²) in [5.74, 6) is -1.95. The Hall–Kier alpha value is -1.15. The maximum Gasteiger partial charge on any atom is 0.341 e. The van der Waals surface area contributed by atoms with Gasteiger partial charge in [-0.1, -0.05) is 0 Å². The Labute approximate surface area is 110 Å². The van der Waals surface area contributed by atoms with Crippen molar-refractivity contribution in [2.24, 2.45) is 0 Å². The number of ether oxygens (including phenoxy) is 1. The Balaban J connectivity index is 2.98. The van der Waals surface area contributed by atoms with Gasteiger partial charge in [0.05, 0.1) is 0 Å². The fraction of sp³-hybridized carbons (Fsp3) is 0.750. The summed E-state index contributed by atoms with van der Waals surface area (Å²) in [6, 6.07) is 0. The molecular weight excluding hydrogens is 256 g/mol. The van der Waals surface area contributed by atoms with E-state index in [0.29, 0.717) is 5.57 Å². The topological polar surface area (TPSA) is 131 Å². The zero-order chi connectivity index (χ0) is 15.2. The van der Waals surface area contributed by atoms with Gasteiger partial charge in [-0.3, -0.25) is 0 Å². The van der Waals surface area contributed by atoms with Crippen LogP contribution < -0.4 is 0 Å². The monoisotopic (exact) mass is 276 g/mol. The molecule has 1 aliphatic rings. The highest BCUT2D eigenvalue weighted by Gasteiger charge is 2.75. The summed E-state index contributed by atoms with van der Waals surface area (Å²) in [5, 5.41) is 48.2. The lowest BCUT2D eigenvalue weighted by Gasteiger charge is -2.26. The SMILES string of the molecule is CC(C)=C(O)[C@@H](O)[C@H](O)[C@@H](O)[C@]1(C(=O)O)OC1(C)C. The minimum atomic E-state index is -1.99. The minimum absolute atomic E-state index is 0.346. The van der Waals surface area contributed by atoms with Crippen LogP contribution in [0.1, 0.15) is 27.7 Å². The second-order valence-corrected chi connectivity index (χ2v) is 5.42.